The Morgan fingerprint density at radius 2 is 2.40 bits per heavy atom. The third-order valence-corrected chi connectivity index (χ3v) is 3.66. The van der Waals surface area contributed by atoms with Crippen molar-refractivity contribution in [3.05, 3.63) is 0 Å². The van der Waals surface area contributed by atoms with Gasteiger partial charge in [0.15, 0.2) is 0 Å². The van der Waals surface area contributed by atoms with Crippen LogP contribution in [-0.2, 0) is 4.79 Å². The van der Waals surface area contributed by atoms with Crippen molar-refractivity contribution < 1.29 is 9.90 Å². The predicted molar refractivity (Wildman–Crippen MR) is 63.2 cm³/mol. The molecule has 4 N–H and O–H groups in total. The van der Waals surface area contributed by atoms with Gasteiger partial charge in [-0.1, -0.05) is 6.42 Å². The number of hydrogen-bond acceptors (Lipinski definition) is 4. The Kier molecular flexibility index (Phi) is 4.89. The zero-order valence-electron chi connectivity index (χ0n) is 9.16. The Morgan fingerprint density at radius 3 is 2.87 bits per heavy atom. The van der Waals surface area contributed by atoms with E-state index in [9.17, 15) is 9.90 Å². The van der Waals surface area contributed by atoms with Crippen LogP contribution in [0.1, 0.15) is 25.7 Å². The van der Waals surface area contributed by atoms with E-state index >= 15 is 0 Å². The molecule has 2 atom stereocenters. The molecule has 0 saturated carbocycles. The second-order valence-corrected chi connectivity index (χ2v) is 5.08. The summed E-state index contributed by atoms with van der Waals surface area (Å²) >= 11 is 1.64. The van der Waals surface area contributed by atoms with Crippen molar-refractivity contribution in [1.82, 2.24) is 5.32 Å². The van der Waals surface area contributed by atoms with Crippen molar-refractivity contribution in [1.29, 1.82) is 0 Å². The molecule has 1 rings (SSSR count). The molecule has 0 aromatic carbocycles. The minimum Gasteiger partial charge on any atom is -0.480 e. The van der Waals surface area contributed by atoms with Crippen LogP contribution in [0.25, 0.3) is 0 Å². The third-order valence-electron chi connectivity index (χ3n) is 3.05. The van der Waals surface area contributed by atoms with Crippen molar-refractivity contribution in [2.75, 3.05) is 18.6 Å². The molecule has 1 aliphatic heterocycles. The summed E-state index contributed by atoms with van der Waals surface area (Å²) < 4.78 is 0. The summed E-state index contributed by atoms with van der Waals surface area (Å²) in [6.07, 6.45) is 5.56. The number of nitrogens with two attached hydrogens (primary N) is 1. The van der Waals surface area contributed by atoms with Crippen LogP contribution in [0.2, 0.25) is 0 Å². The predicted octanol–water partition coefficient (Wildman–Crippen LogP) is 0.664. The standard InChI is InChI=1S/C10H20N2O2S/c1-15-7-5-10(11,9(13)14)8-4-2-3-6-12-8/h8,12H,2-7,11H2,1H3,(H,13,14)/t8-,10?/m1/s1. The zero-order chi connectivity index (χ0) is 11.3. The normalized spacial score (nSPS) is 25.9. The Labute approximate surface area is 95.0 Å². The van der Waals surface area contributed by atoms with E-state index in [1.54, 1.807) is 11.8 Å². The minimum absolute atomic E-state index is 0.0732. The molecule has 0 aromatic rings. The van der Waals surface area contributed by atoms with Crippen LogP contribution in [0, 0.1) is 0 Å². The maximum absolute atomic E-state index is 11.3. The molecule has 5 heteroatoms. The van der Waals surface area contributed by atoms with Gasteiger partial charge in [0.25, 0.3) is 0 Å². The highest BCUT2D eigenvalue weighted by atomic mass is 32.2. The molecule has 1 aliphatic rings. The van der Waals surface area contributed by atoms with Gasteiger partial charge in [0, 0.05) is 6.04 Å². The largest absolute Gasteiger partial charge is 0.480 e. The SMILES string of the molecule is CSCCC(N)(C(=O)O)[C@H]1CCCCN1. The molecule has 0 bridgehead atoms. The number of hydrogen-bond donors (Lipinski definition) is 3. The molecule has 0 aliphatic carbocycles. The van der Waals surface area contributed by atoms with Crippen molar-refractivity contribution in [3.63, 3.8) is 0 Å². The summed E-state index contributed by atoms with van der Waals surface area (Å²) in [6, 6.07) is -0.0732. The lowest BCUT2D eigenvalue weighted by atomic mass is 9.83. The molecule has 1 heterocycles. The molecule has 0 aromatic heterocycles. The highest BCUT2D eigenvalue weighted by Crippen LogP contribution is 2.22. The average Bonchev–Trinajstić information content (AvgIpc) is 2.27. The van der Waals surface area contributed by atoms with Gasteiger partial charge in [-0.05, 0) is 37.8 Å². The maximum atomic E-state index is 11.3. The smallest absolute Gasteiger partial charge is 0.325 e. The Balaban J connectivity index is 2.65. The zero-order valence-corrected chi connectivity index (χ0v) is 9.98. The fourth-order valence-corrected chi connectivity index (χ4v) is 2.53. The topological polar surface area (TPSA) is 75.4 Å². The lowest BCUT2D eigenvalue weighted by Gasteiger charge is -2.36. The van der Waals surface area contributed by atoms with Crippen LogP contribution < -0.4 is 11.1 Å². The van der Waals surface area contributed by atoms with Gasteiger partial charge in [-0.3, -0.25) is 4.79 Å². The van der Waals surface area contributed by atoms with Gasteiger partial charge in [0.05, 0.1) is 0 Å². The summed E-state index contributed by atoms with van der Waals surface area (Å²) in [5.74, 6) is -0.0861. The van der Waals surface area contributed by atoms with E-state index in [0.717, 1.165) is 31.6 Å². The van der Waals surface area contributed by atoms with E-state index in [1.807, 2.05) is 6.26 Å². The number of carboxylic acids is 1. The summed E-state index contributed by atoms with van der Waals surface area (Å²) in [5, 5.41) is 12.5. The van der Waals surface area contributed by atoms with Crippen molar-refractivity contribution in [2.45, 2.75) is 37.3 Å². The van der Waals surface area contributed by atoms with E-state index in [2.05, 4.69) is 5.32 Å². The van der Waals surface area contributed by atoms with Gasteiger partial charge < -0.3 is 16.2 Å². The van der Waals surface area contributed by atoms with E-state index in [4.69, 9.17) is 5.73 Å². The fraction of sp³-hybridized carbons (Fsp3) is 0.900. The Morgan fingerprint density at radius 1 is 1.67 bits per heavy atom. The van der Waals surface area contributed by atoms with E-state index < -0.39 is 11.5 Å². The first-order valence-corrected chi connectivity index (χ1v) is 6.75. The number of carbonyl (C=O) groups is 1. The second-order valence-electron chi connectivity index (χ2n) is 4.09. The average molecular weight is 232 g/mol. The molecule has 15 heavy (non-hydrogen) atoms. The number of carboxylic acid groups (broad SMARTS) is 1. The van der Waals surface area contributed by atoms with Crippen LogP contribution in [0.5, 0.6) is 0 Å². The van der Waals surface area contributed by atoms with E-state index in [1.165, 1.54) is 0 Å². The van der Waals surface area contributed by atoms with Crippen LogP contribution in [-0.4, -0.2) is 41.2 Å². The fourth-order valence-electron chi connectivity index (χ4n) is 1.99. The van der Waals surface area contributed by atoms with Gasteiger partial charge in [-0.25, -0.2) is 0 Å². The first-order valence-electron chi connectivity index (χ1n) is 5.36. The number of nitrogens with one attached hydrogen (secondary N) is 1. The van der Waals surface area contributed by atoms with Crippen LogP contribution >= 0.6 is 11.8 Å². The number of thioether (sulfide) groups is 1. The summed E-state index contributed by atoms with van der Waals surface area (Å²) in [5.41, 5.74) is 4.93. The molecule has 0 spiro atoms. The van der Waals surface area contributed by atoms with Gasteiger partial charge in [0.2, 0.25) is 0 Å². The number of rotatable bonds is 5. The van der Waals surface area contributed by atoms with Gasteiger partial charge in [-0.2, -0.15) is 11.8 Å². The molecule has 1 saturated heterocycles. The maximum Gasteiger partial charge on any atom is 0.325 e. The van der Waals surface area contributed by atoms with Gasteiger partial charge in [-0.15, -0.1) is 0 Å². The van der Waals surface area contributed by atoms with Crippen LogP contribution in [0.4, 0.5) is 0 Å². The van der Waals surface area contributed by atoms with Crippen LogP contribution in [0.15, 0.2) is 0 Å². The first kappa shape index (κ1) is 12.8. The number of aliphatic carboxylic acids is 1. The van der Waals surface area contributed by atoms with Gasteiger partial charge >= 0.3 is 5.97 Å². The molecule has 88 valence electrons. The monoisotopic (exact) mass is 232 g/mol. The minimum atomic E-state index is -1.09. The van der Waals surface area contributed by atoms with Crippen molar-refractivity contribution in [2.24, 2.45) is 5.73 Å². The first-order chi connectivity index (χ1) is 7.11. The number of piperidine rings is 1. The summed E-state index contributed by atoms with van der Waals surface area (Å²) in [4.78, 5) is 11.3. The van der Waals surface area contributed by atoms with Crippen LogP contribution in [0.3, 0.4) is 0 Å². The lowest BCUT2D eigenvalue weighted by Crippen LogP contribution is -2.63. The van der Waals surface area contributed by atoms with Crippen molar-refractivity contribution in [3.8, 4) is 0 Å². The summed E-state index contributed by atoms with van der Waals surface area (Å²) in [7, 11) is 0. The molecular formula is C10H20N2O2S. The molecule has 1 unspecified atom stereocenters. The highest BCUT2D eigenvalue weighted by molar-refractivity contribution is 7.98. The highest BCUT2D eigenvalue weighted by Gasteiger charge is 2.42. The Hall–Kier alpha value is -0.260. The Bertz CT molecular complexity index is 219. The lowest BCUT2D eigenvalue weighted by molar-refractivity contribution is -0.145. The molecule has 0 radical (unpaired) electrons. The van der Waals surface area contributed by atoms with E-state index in [0.29, 0.717) is 6.42 Å². The molecule has 1 fully saturated rings. The quantitative estimate of drug-likeness (QED) is 0.649. The molecule has 0 amide bonds. The molecular weight excluding hydrogens is 212 g/mol. The molecule has 4 nitrogen and oxygen atoms in total. The third kappa shape index (κ3) is 3.09. The summed E-state index contributed by atoms with van der Waals surface area (Å²) in [6.45, 7) is 0.885. The second kappa shape index (κ2) is 5.72. The van der Waals surface area contributed by atoms with E-state index in [-0.39, 0.29) is 6.04 Å². The van der Waals surface area contributed by atoms with Crippen molar-refractivity contribution >= 4 is 17.7 Å². The van der Waals surface area contributed by atoms with Gasteiger partial charge in [0.1, 0.15) is 5.54 Å².